The number of carbonyl (C=O) groups is 4. The number of aldehydes is 1. The number of ether oxygens (including phenoxy) is 1. The minimum atomic E-state index is -4.64. The highest BCUT2D eigenvalue weighted by molar-refractivity contribution is 6.40. The number of nitrogens with one attached hydrogen (secondary N) is 5. The molecule has 2 aliphatic heterocycles. The number of aromatic nitrogens is 2. The summed E-state index contributed by atoms with van der Waals surface area (Å²) in [4.78, 5) is 79.5. The fourth-order valence-electron chi connectivity index (χ4n) is 6.77. The van der Waals surface area contributed by atoms with Crippen molar-refractivity contribution in [3.05, 3.63) is 140 Å². The summed E-state index contributed by atoms with van der Waals surface area (Å²) in [6.45, 7) is 6.97. The molecule has 4 heterocycles. The molecule has 3 amide bonds. The first-order chi connectivity index (χ1) is 30.4. The third-order valence-corrected chi connectivity index (χ3v) is 9.58. The van der Waals surface area contributed by atoms with E-state index in [1.165, 1.54) is 18.0 Å². The van der Waals surface area contributed by atoms with Crippen LogP contribution >= 0.6 is 23.2 Å². The monoisotopic (exact) mass is 920 g/mol. The van der Waals surface area contributed by atoms with Crippen LogP contribution in [0.15, 0.2) is 107 Å². The first kappa shape index (κ1) is 48.4. The average molecular weight is 922 g/mol. The van der Waals surface area contributed by atoms with Crippen molar-refractivity contribution in [2.24, 2.45) is 0 Å². The van der Waals surface area contributed by atoms with Crippen molar-refractivity contribution in [2.75, 3.05) is 39.3 Å². The van der Waals surface area contributed by atoms with Gasteiger partial charge in [-0.25, -0.2) is 4.79 Å². The molecule has 0 saturated heterocycles. The minimum Gasteiger partial charge on any atom is -0.443 e. The number of rotatable bonds is 4. The third kappa shape index (κ3) is 13.0. The van der Waals surface area contributed by atoms with Crippen molar-refractivity contribution in [1.29, 1.82) is 0 Å². The number of halogens is 5. The molecule has 2 aromatic heterocycles. The van der Waals surface area contributed by atoms with E-state index in [0.717, 1.165) is 49.0 Å². The lowest BCUT2D eigenvalue weighted by Crippen LogP contribution is -2.39. The number of pyridine rings is 2. The first-order valence-corrected chi connectivity index (χ1v) is 21.0. The summed E-state index contributed by atoms with van der Waals surface area (Å²) in [5, 5.41) is 10.1. The van der Waals surface area contributed by atoms with Crippen molar-refractivity contribution >= 4 is 92.0 Å². The van der Waals surface area contributed by atoms with Crippen LogP contribution in [0.1, 0.15) is 65.5 Å². The summed E-state index contributed by atoms with van der Waals surface area (Å²) in [6, 6.07) is 25.4. The van der Waals surface area contributed by atoms with E-state index in [1.54, 1.807) is 47.4 Å². The van der Waals surface area contributed by atoms with Crippen LogP contribution in [0.25, 0.3) is 21.8 Å². The molecule has 13 nitrogen and oxygen atoms in total. The standard InChI is InChI=1S/C24H25N3O4.C19H17N3O2.C2HF3O.CH2Cl2/c1-24(2,3)31-23(30)27-12-6-7-15-10-11-16(13-20(15)27)26-22(29)18-14-25-19-9-5-4-8-17(19)21(18)28;23-18-14-5-1-2-6-16(14)21-11-15(18)19(24)22-13-8-7-12-4-3-9-20-17(12)10-13;3-2(4,5)1-6;2-1-3/h4-5,8-11,13-14H,6-7,12H2,1-3H3,(H,25,28)(H,26,29);1-2,5-8,10-11,20H,3-4,9H2,(H,21,23)(H,22,24);1H;1H2. The molecule has 0 fully saturated rings. The molecule has 2 aliphatic rings. The zero-order chi connectivity index (χ0) is 46.6. The van der Waals surface area contributed by atoms with Gasteiger partial charge in [0.25, 0.3) is 11.8 Å². The molecule has 0 radical (unpaired) electrons. The van der Waals surface area contributed by atoms with Gasteiger partial charge < -0.3 is 30.7 Å². The van der Waals surface area contributed by atoms with Crippen LogP contribution in [-0.4, -0.2) is 64.4 Å². The predicted molar refractivity (Wildman–Crippen MR) is 245 cm³/mol. The van der Waals surface area contributed by atoms with Crippen molar-refractivity contribution in [3.63, 3.8) is 0 Å². The Bertz CT molecular complexity index is 2770. The summed E-state index contributed by atoms with van der Waals surface area (Å²) < 4.78 is 36.8. The molecule has 18 heteroatoms. The predicted octanol–water partition coefficient (Wildman–Crippen LogP) is 9.78. The Kier molecular flexibility index (Phi) is 16.3. The molecule has 0 spiro atoms. The van der Waals surface area contributed by atoms with E-state index in [2.05, 4.69) is 25.9 Å². The Morgan fingerprint density at radius 1 is 0.750 bits per heavy atom. The van der Waals surface area contributed by atoms with Gasteiger partial charge in [-0.15, -0.1) is 23.2 Å². The maximum absolute atomic E-state index is 12.8. The van der Waals surface area contributed by atoms with Crippen molar-refractivity contribution in [3.8, 4) is 0 Å². The molecule has 336 valence electrons. The number of alkyl halides is 5. The van der Waals surface area contributed by atoms with E-state index < -0.39 is 36.0 Å². The second-order valence-corrected chi connectivity index (χ2v) is 16.1. The molecule has 0 unspecified atom stereocenters. The Balaban J connectivity index is 0.000000207. The van der Waals surface area contributed by atoms with Crippen molar-refractivity contribution < 1.29 is 37.1 Å². The van der Waals surface area contributed by atoms with Gasteiger partial charge in [-0.05, 0) is 106 Å². The lowest BCUT2D eigenvalue weighted by atomic mass is 10.0. The highest BCUT2D eigenvalue weighted by Crippen LogP contribution is 2.32. The number of amides is 3. The molecule has 5 N–H and O–H groups in total. The van der Waals surface area contributed by atoms with Gasteiger partial charge in [0.15, 0.2) is 0 Å². The number of H-pyrrole nitrogens is 2. The van der Waals surface area contributed by atoms with Crippen molar-refractivity contribution in [2.45, 2.75) is 58.2 Å². The van der Waals surface area contributed by atoms with Gasteiger partial charge in [-0.2, -0.15) is 13.2 Å². The summed E-state index contributed by atoms with van der Waals surface area (Å²) >= 11 is 9.53. The molecular weight excluding hydrogens is 876 g/mol. The lowest BCUT2D eigenvalue weighted by molar-refractivity contribution is -0.156. The number of hydrogen-bond donors (Lipinski definition) is 5. The maximum atomic E-state index is 12.8. The smallest absolute Gasteiger partial charge is 0.443 e. The molecule has 0 bridgehead atoms. The van der Waals surface area contributed by atoms with Gasteiger partial charge in [-0.3, -0.25) is 28.9 Å². The molecule has 6 aromatic rings. The highest BCUT2D eigenvalue weighted by Gasteiger charge is 2.28. The fourth-order valence-corrected chi connectivity index (χ4v) is 6.77. The molecule has 64 heavy (non-hydrogen) atoms. The molecular formula is C46H45Cl2F3N6O7. The Morgan fingerprint density at radius 2 is 1.23 bits per heavy atom. The van der Waals surface area contributed by atoms with E-state index in [4.69, 9.17) is 32.7 Å². The zero-order valence-corrected chi connectivity index (χ0v) is 36.5. The van der Waals surface area contributed by atoms with Gasteiger partial charge in [0, 0.05) is 64.4 Å². The van der Waals surface area contributed by atoms with E-state index in [0.29, 0.717) is 39.9 Å². The average Bonchev–Trinajstić information content (AvgIpc) is 3.26. The van der Waals surface area contributed by atoms with Crippen LogP contribution in [-0.2, 0) is 22.4 Å². The number of aromatic amines is 2. The van der Waals surface area contributed by atoms with Gasteiger partial charge in [0.2, 0.25) is 17.1 Å². The van der Waals surface area contributed by atoms with Crippen molar-refractivity contribution in [1.82, 2.24) is 9.97 Å². The third-order valence-electron chi connectivity index (χ3n) is 9.58. The quantitative estimate of drug-likeness (QED) is 0.0856. The normalized spacial score (nSPS) is 12.8. The van der Waals surface area contributed by atoms with Gasteiger partial charge >= 0.3 is 12.3 Å². The van der Waals surface area contributed by atoms with Crippen LogP contribution in [0.3, 0.4) is 0 Å². The molecule has 4 aromatic carbocycles. The van der Waals surface area contributed by atoms with E-state index >= 15 is 0 Å². The summed E-state index contributed by atoms with van der Waals surface area (Å²) in [5.74, 6) is -0.913. The number of fused-ring (bicyclic) bond motifs is 4. The Morgan fingerprint density at radius 3 is 1.75 bits per heavy atom. The summed E-state index contributed by atoms with van der Waals surface area (Å²) in [6.07, 6.45) is 0.613. The topological polar surface area (TPSA) is 183 Å². The van der Waals surface area contributed by atoms with Crippen LogP contribution in [0.5, 0.6) is 0 Å². The molecule has 8 rings (SSSR count). The maximum Gasteiger partial charge on any atom is 0.446 e. The number of para-hydroxylation sites is 2. The molecule has 0 saturated carbocycles. The highest BCUT2D eigenvalue weighted by atomic mass is 35.5. The molecule has 0 atom stereocenters. The number of nitrogens with zero attached hydrogens (tertiary/aromatic N) is 1. The summed E-state index contributed by atoms with van der Waals surface area (Å²) in [5.41, 5.74) is 5.55. The number of aryl methyl sites for hydroxylation is 2. The largest absolute Gasteiger partial charge is 0.446 e. The van der Waals surface area contributed by atoms with Gasteiger partial charge in [0.1, 0.15) is 16.7 Å². The van der Waals surface area contributed by atoms with Crippen LogP contribution < -0.4 is 31.7 Å². The number of anilines is 4. The van der Waals surface area contributed by atoms with Crippen LogP contribution in [0.2, 0.25) is 0 Å². The van der Waals surface area contributed by atoms with Gasteiger partial charge in [-0.1, -0.05) is 36.4 Å². The fraction of sp³-hybridized carbons (Fsp3) is 0.261. The number of hydrogen-bond acceptors (Lipinski definition) is 8. The minimum absolute atomic E-state index is 0.0282. The summed E-state index contributed by atoms with van der Waals surface area (Å²) in [7, 11) is 0. The molecule has 0 aliphatic carbocycles. The van der Waals surface area contributed by atoms with E-state index in [9.17, 15) is 37.1 Å². The first-order valence-electron chi connectivity index (χ1n) is 19.9. The Labute approximate surface area is 375 Å². The van der Waals surface area contributed by atoms with Crippen LogP contribution in [0, 0.1) is 0 Å². The van der Waals surface area contributed by atoms with E-state index in [-0.39, 0.29) is 27.3 Å². The zero-order valence-electron chi connectivity index (χ0n) is 35.0. The lowest BCUT2D eigenvalue weighted by Gasteiger charge is -2.32. The SMILES string of the molecule is CC(C)(C)OC(=O)N1CCCc2ccc(NC(=O)c3c[nH]c4ccccc4c3=O)cc21.ClCCl.O=C(Nc1ccc2c(c1)NCCC2)c1c[nH]c2ccccc2c1=O.O=CC(F)(F)F. The second-order valence-electron chi connectivity index (χ2n) is 15.3. The number of carbonyl (C=O) groups excluding carboxylic acids is 4. The second kappa shape index (κ2) is 21.6. The van der Waals surface area contributed by atoms with Crippen LogP contribution in [0.4, 0.5) is 40.7 Å². The Hall–Kier alpha value is -6.65. The number of benzene rings is 4. The van der Waals surface area contributed by atoms with E-state index in [1.807, 2.05) is 63.2 Å². The van der Waals surface area contributed by atoms with Gasteiger partial charge in [0.05, 0.1) is 11.0 Å².